The number of carbonyl (C=O) groups is 2. The van der Waals surface area contributed by atoms with Crippen LogP contribution in [0.15, 0.2) is 30.2 Å². The number of carboxylic acid groups (broad SMARTS) is 1. The number of amides is 1. The number of carbonyl (C=O) groups excluding carboxylic acids is 1. The number of rotatable bonds is 5. The number of aromatic carboxylic acids is 1. The Morgan fingerprint density at radius 1 is 1.29 bits per heavy atom. The van der Waals surface area contributed by atoms with E-state index in [1.54, 1.807) is 23.6 Å². The average Bonchev–Trinajstić information content (AvgIpc) is 3.04. The van der Waals surface area contributed by atoms with Crippen LogP contribution in [0.4, 0.5) is 0 Å². The number of hydrogen-bond acceptors (Lipinski definition) is 3. The molecule has 1 amide bonds. The summed E-state index contributed by atoms with van der Waals surface area (Å²) in [5.74, 6) is -1.11. The lowest BCUT2D eigenvalue weighted by Crippen LogP contribution is -2.07. The Morgan fingerprint density at radius 2 is 1.96 bits per heavy atom. The van der Waals surface area contributed by atoms with Crippen molar-refractivity contribution in [2.75, 3.05) is 0 Å². The molecule has 3 rings (SSSR count). The molecule has 122 valence electrons. The third-order valence-electron chi connectivity index (χ3n) is 3.44. The molecular weight excluding hydrogens is 371 g/mol. The van der Waals surface area contributed by atoms with Crippen LogP contribution in [0, 0.1) is 0 Å². The molecule has 0 spiro atoms. The maximum Gasteiger partial charge on any atom is 0.353 e. The molecule has 0 atom stereocenters. The highest BCUT2D eigenvalue weighted by Crippen LogP contribution is 2.41. The monoisotopic (exact) mass is 380 g/mol. The number of halogens is 2. The first-order valence-electron chi connectivity index (χ1n) is 6.64. The fourth-order valence-corrected chi connectivity index (χ4v) is 4.11. The molecule has 1 aromatic carbocycles. The van der Waals surface area contributed by atoms with Crippen LogP contribution >= 0.6 is 34.5 Å². The van der Waals surface area contributed by atoms with Gasteiger partial charge in [-0.15, -0.1) is 11.3 Å². The van der Waals surface area contributed by atoms with E-state index in [9.17, 15) is 14.7 Å². The maximum absolute atomic E-state index is 11.7. The van der Waals surface area contributed by atoms with Gasteiger partial charge >= 0.3 is 5.97 Å². The van der Waals surface area contributed by atoms with Crippen LogP contribution in [0.3, 0.4) is 0 Å². The second kappa shape index (κ2) is 6.32. The van der Waals surface area contributed by atoms with Crippen LogP contribution in [0.25, 0.3) is 27.0 Å². The van der Waals surface area contributed by atoms with E-state index >= 15 is 0 Å². The lowest BCUT2D eigenvalue weighted by molar-refractivity contribution is -0.108. The van der Waals surface area contributed by atoms with Crippen molar-refractivity contribution in [2.45, 2.75) is 0 Å². The average molecular weight is 381 g/mol. The van der Waals surface area contributed by atoms with Gasteiger partial charge in [0.25, 0.3) is 0 Å². The van der Waals surface area contributed by atoms with E-state index in [4.69, 9.17) is 23.2 Å². The molecule has 0 aliphatic rings. The van der Waals surface area contributed by atoms with E-state index in [1.807, 2.05) is 0 Å². The fraction of sp³-hybridized carbons (Fsp3) is 0. The molecule has 8 heteroatoms. The zero-order valence-corrected chi connectivity index (χ0v) is 14.4. The Bertz CT molecular complexity index is 971. The van der Waals surface area contributed by atoms with E-state index in [-0.39, 0.29) is 5.69 Å². The van der Waals surface area contributed by atoms with Gasteiger partial charge < -0.3 is 15.4 Å². The number of carboxylic acids is 1. The van der Waals surface area contributed by atoms with Crippen molar-refractivity contribution in [1.82, 2.24) is 10.3 Å². The van der Waals surface area contributed by atoms with Crippen LogP contribution in [0.5, 0.6) is 0 Å². The highest BCUT2D eigenvalue weighted by Gasteiger charge is 2.23. The highest BCUT2D eigenvalue weighted by atomic mass is 35.5. The van der Waals surface area contributed by atoms with E-state index in [2.05, 4.69) is 16.9 Å². The van der Waals surface area contributed by atoms with Crippen molar-refractivity contribution in [3.8, 4) is 11.1 Å². The Balaban J connectivity index is 2.30. The Hall–Kier alpha value is -2.28. The summed E-state index contributed by atoms with van der Waals surface area (Å²) in [4.78, 5) is 25.2. The van der Waals surface area contributed by atoms with E-state index in [0.717, 1.165) is 4.70 Å². The SMILES string of the molecule is C=C(NC=O)c1csc2c(-c3cc(Cl)cc(Cl)c3)c(C(=O)O)[nH]c12. The molecule has 3 aromatic rings. The van der Waals surface area contributed by atoms with Crippen molar-refractivity contribution < 1.29 is 14.7 Å². The third-order valence-corrected chi connectivity index (χ3v) is 4.88. The normalized spacial score (nSPS) is 10.8. The first kappa shape index (κ1) is 16.6. The summed E-state index contributed by atoms with van der Waals surface area (Å²) in [6.45, 7) is 3.78. The highest BCUT2D eigenvalue weighted by molar-refractivity contribution is 7.18. The molecule has 0 unspecified atom stereocenters. The molecule has 5 nitrogen and oxygen atoms in total. The molecule has 0 fully saturated rings. The lowest BCUT2D eigenvalue weighted by Gasteiger charge is -2.03. The van der Waals surface area contributed by atoms with Crippen molar-refractivity contribution >= 4 is 62.8 Å². The number of thiophene rings is 1. The minimum Gasteiger partial charge on any atom is -0.477 e. The molecule has 0 aliphatic carbocycles. The Kier molecular flexibility index (Phi) is 4.36. The summed E-state index contributed by atoms with van der Waals surface area (Å²) in [5.41, 5.74) is 2.71. The molecule has 0 saturated heterocycles. The predicted octanol–water partition coefficient (Wildman–Crippen LogP) is 4.62. The van der Waals surface area contributed by atoms with Crippen molar-refractivity contribution in [2.24, 2.45) is 0 Å². The van der Waals surface area contributed by atoms with Gasteiger partial charge in [0.2, 0.25) is 6.41 Å². The predicted molar refractivity (Wildman–Crippen MR) is 96.8 cm³/mol. The molecular formula is C16H10Cl2N2O3S. The van der Waals surface area contributed by atoms with Gasteiger partial charge in [-0.2, -0.15) is 0 Å². The number of benzene rings is 1. The van der Waals surface area contributed by atoms with Gasteiger partial charge in [0.15, 0.2) is 0 Å². The zero-order chi connectivity index (χ0) is 17.4. The van der Waals surface area contributed by atoms with Crippen LogP contribution in [-0.2, 0) is 4.79 Å². The zero-order valence-electron chi connectivity index (χ0n) is 12.0. The van der Waals surface area contributed by atoms with Crippen LogP contribution in [0.1, 0.15) is 16.1 Å². The molecule has 24 heavy (non-hydrogen) atoms. The van der Waals surface area contributed by atoms with Crippen molar-refractivity contribution in [1.29, 1.82) is 0 Å². The smallest absolute Gasteiger partial charge is 0.353 e. The molecule has 2 heterocycles. The molecule has 3 N–H and O–H groups in total. The number of aromatic nitrogens is 1. The molecule has 0 aliphatic heterocycles. The topological polar surface area (TPSA) is 82.2 Å². The van der Waals surface area contributed by atoms with Crippen molar-refractivity contribution in [3.05, 3.63) is 51.5 Å². The van der Waals surface area contributed by atoms with Gasteiger partial charge in [-0.3, -0.25) is 4.79 Å². The molecule has 0 saturated carbocycles. The second-order valence-electron chi connectivity index (χ2n) is 4.93. The van der Waals surface area contributed by atoms with Gasteiger partial charge in [-0.05, 0) is 23.8 Å². The standard InChI is InChI=1S/C16H10Cl2N2O3S/c1-7(19-6-21)11-5-24-15-12(14(16(22)23)20-13(11)15)8-2-9(17)4-10(18)3-8/h2-6,20H,1H2,(H,19,21)(H,22,23). The van der Waals surface area contributed by atoms with Crippen LogP contribution in [0.2, 0.25) is 10.0 Å². The molecule has 0 radical (unpaired) electrons. The number of H-pyrrole nitrogens is 1. The minimum atomic E-state index is -1.11. The summed E-state index contributed by atoms with van der Waals surface area (Å²) >= 11 is 13.4. The molecule has 0 bridgehead atoms. The second-order valence-corrected chi connectivity index (χ2v) is 6.69. The summed E-state index contributed by atoms with van der Waals surface area (Å²) in [6, 6.07) is 4.88. The summed E-state index contributed by atoms with van der Waals surface area (Å²) in [5, 5.41) is 14.6. The number of aromatic amines is 1. The van der Waals surface area contributed by atoms with Crippen LogP contribution in [-0.4, -0.2) is 22.5 Å². The lowest BCUT2D eigenvalue weighted by atomic mass is 10.1. The minimum absolute atomic E-state index is 0.0235. The van der Waals surface area contributed by atoms with E-state index in [1.165, 1.54) is 11.3 Å². The first-order chi connectivity index (χ1) is 11.4. The van der Waals surface area contributed by atoms with Gasteiger partial charge in [-0.1, -0.05) is 29.8 Å². The van der Waals surface area contributed by atoms with Crippen LogP contribution < -0.4 is 5.32 Å². The van der Waals surface area contributed by atoms with Crippen molar-refractivity contribution in [3.63, 3.8) is 0 Å². The third kappa shape index (κ3) is 2.80. The summed E-state index contributed by atoms with van der Waals surface area (Å²) in [6.07, 6.45) is 0.518. The summed E-state index contributed by atoms with van der Waals surface area (Å²) < 4.78 is 0.717. The van der Waals surface area contributed by atoms with Gasteiger partial charge in [-0.25, -0.2) is 4.79 Å². The Morgan fingerprint density at radius 3 is 2.54 bits per heavy atom. The first-order valence-corrected chi connectivity index (χ1v) is 8.28. The van der Waals surface area contributed by atoms with E-state index in [0.29, 0.717) is 44.4 Å². The van der Waals surface area contributed by atoms with Gasteiger partial charge in [0, 0.05) is 32.2 Å². The van der Waals surface area contributed by atoms with Gasteiger partial charge in [0.1, 0.15) is 5.69 Å². The van der Waals surface area contributed by atoms with Gasteiger partial charge in [0.05, 0.1) is 10.2 Å². The number of nitrogens with one attached hydrogen (secondary N) is 2. The number of fused-ring (bicyclic) bond motifs is 1. The quantitative estimate of drug-likeness (QED) is 0.564. The largest absolute Gasteiger partial charge is 0.477 e. The Labute approximate surface area is 150 Å². The maximum atomic E-state index is 11.7. The fourth-order valence-electron chi connectivity index (χ4n) is 2.47. The van der Waals surface area contributed by atoms with E-state index < -0.39 is 5.97 Å². The number of hydrogen-bond donors (Lipinski definition) is 3. The summed E-state index contributed by atoms with van der Waals surface area (Å²) in [7, 11) is 0. The molecule has 2 aromatic heterocycles.